The molecule has 3 aliphatic rings. The van der Waals surface area contributed by atoms with Crippen LogP contribution in [0.2, 0.25) is 5.28 Å². The molecule has 5 atom stereocenters. The number of nitrogens with one attached hydrogen (secondary N) is 1. The number of hydrogen-bond donors (Lipinski definition) is 1. The van der Waals surface area contributed by atoms with E-state index in [4.69, 9.17) is 39.6 Å². The molecule has 2 saturated heterocycles. The van der Waals surface area contributed by atoms with Gasteiger partial charge >= 0.3 is 7.60 Å². The standard InChI is InChI=1S/C25H38ClN4O7P/c1-6-33-38(31,37-15(2)3)14-32-13-18-19-20(36-25(4,5)35-19)23(34-18)30-12-11-17-21(27-16-9-7-8-10-16)28-24(26)29-22(17)30/h11-12,15-16,18-20,23H,6-10,13-14H2,1-5H3,(H,27,28,29)/t18?,19-,20-,23-,38?/m1/s1. The highest BCUT2D eigenvalue weighted by Gasteiger charge is 2.56. The fourth-order valence-corrected chi connectivity index (χ4v) is 7.23. The molecule has 2 unspecified atom stereocenters. The number of anilines is 1. The van der Waals surface area contributed by atoms with Gasteiger partial charge in [0, 0.05) is 12.2 Å². The van der Waals surface area contributed by atoms with Gasteiger partial charge in [-0.25, -0.2) is 4.98 Å². The van der Waals surface area contributed by atoms with Gasteiger partial charge < -0.3 is 37.9 Å². The normalized spacial score (nSPS) is 28.8. The Hall–Kier alpha value is -1.30. The van der Waals surface area contributed by atoms with Crippen molar-refractivity contribution in [2.24, 2.45) is 0 Å². The Morgan fingerprint density at radius 3 is 2.68 bits per heavy atom. The van der Waals surface area contributed by atoms with Crippen LogP contribution in [0.25, 0.3) is 11.0 Å². The highest BCUT2D eigenvalue weighted by Crippen LogP contribution is 2.50. The molecule has 4 heterocycles. The summed E-state index contributed by atoms with van der Waals surface area (Å²) in [5.74, 6) is -0.0808. The maximum atomic E-state index is 13.0. The molecule has 1 saturated carbocycles. The molecule has 3 fully saturated rings. The number of nitrogens with zero attached hydrogens (tertiary/aromatic N) is 3. The highest BCUT2D eigenvalue weighted by atomic mass is 35.5. The minimum Gasteiger partial charge on any atom is -0.367 e. The summed E-state index contributed by atoms with van der Waals surface area (Å²) < 4.78 is 50.6. The topological polar surface area (TPSA) is 115 Å². The number of aromatic nitrogens is 3. The molecule has 13 heteroatoms. The zero-order valence-electron chi connectivity index (χ0n) is 22.6. The van der Waals surface area contributed by atoms with Crippen molar-refractivity contribution in [2.75, 3.05) is 24.9 Å². The van der Waals surface area contributed by atoms with Crippen LogP contribution in [0.3, 0.4) is 0 Å². The van der Waals surface area contributed by atoms with Gasteiger partial charge in [0.2, 0.25) is 5.28 Å². The molecule has 38 heavy (non-hydrogen) atoms. The Labute approximate surface area is 228 Å². The summed E-state index contributed by atoms with van der Waals surface area (Å²) in [5.41, 5.74) is 0.648. The fraction of sp³-hybridized carbons (Fsp3) is 0.760. The lowest BCUT2D eigenvalue weighted by Crippen LogP contribution is -2.33. The van der Waals surface area contributed by atoms with Crippen molar-refractivity contribution in [3.63, 3.8) is 0 Å². The van der Waals surface area contributed by atoms with Gasteiger partial charge in [-0.2, -0.15) is 4.98 Å². The van der Waals surface area contributed by atoms with Crippen LogP contribution in [-0.2, 0) is 32.6 Å². The van der Waals surface area contributed by atoms with E-state index in [1.54, 1.807) is 20.8 Å². The highest BCUT2D eigenvalue weighted by molar-refractivity contribution is 7.53. The van der Waals surface area contributed by atoms with Gasteiger partial charge in [0.05, 0.1) is 24.7 Å². The van der Waals surface area contributed by atoms with Crippen molar-refractivity contribution in [1.82, 2.24) is 14.5 Å². The van der Waals surface area contributed by atoms with Crippen LogP contribution in [0.5, 0.6) is 0 Å². The van der Waals surface area contributed by atoms with Gasteiger partial charge in [-0.1, -0.05) is 12.8 Å². The van der Waals surface area contributed by atoms with Crippen LogP contribution in [-0.4, -0.2) is 70.3 Å². The Morgan fingerprint density at radius 1 is 1.24 bits per heavy atom. The Bertz CT molecular complexity index is 1170. The minimum atomic E-state index is -3.40. The van der Waals surface area contributed by atoms with Crippen molar-refractivity contribution in [2.45, 2.75) is 103 Å². The van der Waals surface area contributed by atoms with Crippen molar-refractivity contribution >= 4 is 36.0 Å². The van der Waals surface area contributed by atoms with Crippen LogP contribution < -0.4 is 5.32 Å². The van der Waals surface area contributed by atoms with Crippen LogP contribution in [0.1, 0.15) is 66.5 Å². The summed E-state index contributed by atoms with van der Waals surface area (Å²) in [4.78, 5) is 9.00. The first-order chi connectivity index (χ1) is 18.1. The SMILES string of the molecule is CCOP(=O)(COCC1O[C@@H](n2ccc3c(NC4CCCC4)nc(Cl)nc32)[C@@H]2OC(C)(C)O[C@H]12)OC(C)C. The Morgan fingerprint density at radius 2 is 1.97 bits per heavy atom. The summed E-state index contributed by atoms with van der Waals surface area (Å²) >= 11 is 6.36. The molecule has 0 radical (unpaired) electrons. The van der Waals surface area contributed by atoms with Gasteiger partial charge in [-0.3, -0.25) is 4.57 Å². The fourth-order valence-electron chi connectivity index (χ4n) is 5.50. The third-order valence-electron chi connectivity index (χ3n) is 6.87. The molecule has 0 amide bonds. The molecular weight excluding hydrogens is 535 g/mol. The van der Waals surface area contributed by atoms with E-state index in [9.17, 15) is 4.57 Å². The summed E-state index contributed by atoms with van der Waals surface area (Å²) in [6, 6.07) is 2.34. The van der Waals surface area contributed by atoms with E-state index < -0.39 is 37.9 Å². The maximum Gasteiger partial charge on any atom is 0.356 e. The number of halogens is 1. The summed E-state index contributed by atoms with van der Waals surface area (Å²) in [6.45, 7) is 9.50. The molecule has 1 aliphatic carbocycles. The molecule has 2 aliphatic heterocycles. The average molecular weight is 573 g/mol. The lowest BCUT2D eigenvalue weighted by molar-refractivity contribution is -0.201. The second-order valence-corrected chi connectivity index (χ2v) is 13.0. The van der Waals surface area contributed by atoms with E-state index in [2.05, 4.69) is 15.3 Å². The first-order valence-corrected chi connectivity index (χ1v) is 15.5. The van der Waals surface area contributed by atoms with E-state index in [0.29, 0.717) is 11.7 Å². The molecular formula is C25H38ClN4O7P. The third-order valence-corrected chi connectivity index (χ3v) is 8.93. The van der Waals surface area contributed by atoms with Gasteiger partial charge in [0.15, 0.2) is 12.0 Å². The maximum absolute atomic E-state index is 13.0. The third kappa shape index (κ3) is 6.05. The van der Waals surface area contributed by atoms with Crippen LogP contribution >= 0.6 is 19.2 Å². The number of rotatable bonds is 11. The van der Waals surface area contributed by atoms with Crippen molar-refractivity contribution in [1.29, 1.82) is 0 Å². The van der Waals surface area contributed by atoms with Crippen LogP contribution in [0, 0.1) is 0 Å². The zero-order chi connectivity index (χ0) is 27.1. The largest absolute Gasteiger partial charge is 0.367 e. The molecule has 0 spiro atoms. The smallest absolute Gasteiger partial charge is 0.356 e. The van der Waals surface area contributed by atoms with E-state index in [1.165, 1.54) is 12.8 Å². The molecule has 5 rings (SSSR count). The molecule has 0 bridgehead atoms. The number of hydrogen-bond acceptors (Lipinski definition) is 10. The van der Waals surface area contributed by atoms with Gasteiger partial charge in [0.1, 0.15) is 36.1 Å². The quantitative estimate of drug-likeness (QED) is 0.274. The predicted molar refractivity (Wildman–Crippen MR) is 142 cm³/mol. The van der Waals surface area contributed by atoms with Crippen molar-refractivity contribution < 1.29 is 32.6 Å². The van der Waals surface area contributed by atoms with E-state index >= 15 is 0 Å². The van der Waals surface area contributed by atoms with Crippen LogP contribution in [0.4, 0.5) is 5.82 Å². The number of fused-ring (bicyclic) bond motifs is 2. The second kappa shape index (κ2) is 11.3. The van der Waals surface area contributed by atoms with Crippen molar-refractivity contribution in [3.05, 3.63) is 17.5 Å². The Balaban J connectivity index is 1.36. The first-order valence-electron chi connectivity index (χ1n) is 13.4. The minimum absolute atomic E-state index is 0.124. The molecule has 2 aromatic rings. The average Bonchev–Trinajstić information content (AvgIpc) is 3.58. The summed E-state index contributed by atoms with van der Waals surface area (Å²) in [6.07, 6.45) is 4.27. The lowest BCUT2D eigenvalue weighted by Gasteiger charge is -2.25. The molecule has 0 aromatic carbocycles. The predicted octanol–water partition coefficient (Wildman–Crippen LogP) is 5.49. The molecule has 1 N–H and O–H groups in total. The first kappa shape index (κ1) is 28.2. The summed E-state index contributed by atoms with van der Waals surface area (Å²) in [5, 5.41) is 4.57. The number of ether oxygens (including phenoxy) is 4. The van der Waals surface area contributed by atoms with Crippen molar-refractivity contribution in [3.8, 4) is 0 Å². The van der Waals surface area contributed by atoms with Gasteiger partial charge in [-0.15, -0.1) is 0 Å². The van der Waals surface area contributed by atoms with E-state index in [1.807, 2.05) is 30.7 Å². The summed E-state index contributed by atoms with van der Waals surface area (Å²) in [7, 11) is -3.40. The van der Waals surface area contributed by atoms with Crippen LogP contribution in [0.15, 0.2) is 12.3 Å². The van der Waals surface area contributed by atoms with Gasteiger partial charge in [0.25, 0.3) is 0 Å². The zero-order valence-corrected chi connectivity index (χ0v) is 24.2. The van der Waals surface area contributed by atoms with Gasteiger partial charge in [-0.05, 0) is 65.1 Å². The van der Waals surface area contributed by atoms with E-state index in [-0.39, 0.29) is 30.9 Å². The molecule has 11 nitrogen and oxygen atoms in total. The second-order valence-electron chi connectivity index (χ2n) is 10.7. The monoisotopic (exact) mass is 572 g/mol. The lowest BCUT2D eigenvalue weighted by atomic mass is 10.1. The Kier molecular flexibility index (Phi) is 8.39. The molecule has 212 valence electrons. The molecule has 2 aromatic heterocycles. The van der Waals surface area contributed by atoms with E-state index in [0.717, 1.165) is 24.0 Å².